The van der Waals surface area contributed by atoms with Gasteiger partial charge in [0.2, 0.25) is 5.91 Å². The van der Waals surface area contributed by atoms with Crippen LogP contribution in [0.25, 0.3) is 0 Å². The van der Waals surface area contributed by atoms with Crippen molar-refractivity contribution in [2.75, 3.05) is 31.2 Å². The summed E-state index contributed by atoms with van der Waals surface area (Å²) >= 11 is 11.8. The fourth-order valence-corrected chi connectivity index (χ4v) is 9.97. The highest BCUT2D eigenvalue weighted by Gasteiger charge is 2.76. The molecule has 1 aromatic carbocycles. The standard InChI is InChI=1S/C27H32BrClN2O5S/c1-4-6-7-14-36-26(35)19-20-24(33)31(12-13-32)23(27(20)15-17(28)22(19)37-27)25(34)30(11-5-2)21-16(3)9-8-10-18(21)29/h4-5,8-10,17,19-20,22-23,32H,1-2,6-7,11-15H2,3H3/t17?,19-,20+,22-,23?,27?/m1/s1. The molecule has 0 saturated carbocycles. The lowest BCUT2D eigenvalue weighted by Gasteiger charge is -2.38. The number of allylic oxidation sites excluding steroid dienone is 1. The summed E-state index contributed by atoms with van der Waals surface area (Å²) in [5.41, 5.74) is 1.38. The van der Waals surface area contributed by atoms with Gasteiger partial charge in [0.1, 0.15) is 6.04 Å². The number of thioether (sulfide) groups is 1. The molecular formula is C27H32BrClN2O5S. The van der Waals surface area contributed by atoms with Crippen LogP contribution in [0.15, 0.2) is 43.5 Å². The molecule has 0 aliphatic carbocycles. The van der Waals surface area contributed by atoms with Gasteiger partial charge in [0.15, 0.2) is 0 Å². The summed E-state index contributed by atoms with van der Waals surface area (Å²) in [5, 5.41) is 10.1. The van der Waals surface area contributed by atoms with Crippen molar-refractivity contribution in [2.45, 2.75) is 47.1 Å². The molecule has 3 fully saturated rings. The van der Waals surface area contributed by atoms with Crippen molar-refractivity contribution >= 4 is 62.8 Å². The minimum absolute atomic E-state index is 0.00377. The van der Waals surface area contributed by atoms with Crippen LogP contribution in [0, 0.1) is 18.8 Å². The largest absolute Gasteiger partial charge is 0.465 e. The number of carbonyl (C=O) groups excluding carboxylic acids is 3. The number of ether oxygens (including phenoxy) is 1. The molecule has 7 nitrogen and oxygen atoms in total. The number of anilines is 1. The maximum atomic E-state index is 14.4. The molecule has 0 radical (unpaired) electrons. The molecule has 2 amide bonds. The number of aliphatic hydroxyl groups is 1. The zero-order valence-corrected chi connectivity index (χ0v) is 23.9. The van der Waals surface area contributed by atoms with E-state index in [2.05, 4.69) is 29.1 Å². The molecule has 1 aromatic rings. The highest BCUT2D eigenvalue weighted by atomic mass is 79.9. The molecule has 200 valence electrons. The van der Waals surface area contributed by atoms with E-state index in [4.69, 9.17) is 16.3 Å². The van der Waals surface area contributed by atoms with E-state index in [1.165, 1.54) is 16.7 Å². The van der Waals surface area contributed by atoms with Crippen LogP contribution in [-0.2, 0) is 19.1 Å². The second kappa shape index (κ2) is 11.5. The van der Waals surface area contributed by atoms with Crippen LogP contribution in [0.2, 0.25) is 5.02 Å². The monoisotopic (exact) mass is 610 g/mol. The Morgan fingerprint density at radius 3 is 2.78 bits per heavy atom. The Kier molecular flexibility index (Phi) is 8.78. The molecule has 10 heteroatoms. The minimum atomic E-state index is -0.874. The SMILES string of the molecule is C=CCCCOC(=O)[C@H]1[C@@H]2SC3(CC2Br)C(C(=O)N(CC=C)c2c(C)cccc2Cl)N(CCO)C(=O)[C@H]13. The summed E-state index contributed by atoms with van der Waals surface area (Å²) in [6.07, 6.45) is 5.32. The summed E-state index contributed by atoms with van der Waals surface area (Å²) in [7, 11) is 0. The van der Waals surface area contributed by atoms with Gasteiger partial charge in [-0.3, -0.25) is 14.4 Å². The second-order valence-electron chi connectivity index (χ2n) is 9.66. The third kappa shape index (κ3) is 4.77. The first-order valence-corrected chi connectivity index (χ1v) is 14.6. The number of rotatable bonds is 11. The number of fused-ring (bicyclic) bond motifs is 1. The van der Waals surface area contributed by atoms with Crippen molar-refractivity contribution in [3.8, 4) is 0 Å². The van der Waals surface area contributed by atoms with Crippen molar-refractivity contribution in [1.82, 2.24) is 4.90 Å². The Morgan fingerprint density at radius 1 is 1.38 bits per heavy atom. The molecule has 3 aliphatic heterocycles. The van der Waals surface area contributed by atoms with Crippen LogP contribution in [0.3, 0.4) is 0 Å². The number of hydrogen-bond acceptors (Lipinski definition) is 6. The number of unbranched alkanes of at least 4 members (excludes halogenated alkanes) is 1. The lowest BCUT2D eigenvalue weighted by atomic mass is 9.71. The molecule has 3 heterocycles. The summed E-state index contributed by atoms with van der Waals surface area (Å²) in [6, 6.07) is 4.54. The number of para-hydroxylation sites is 1. The number of alkyl halides is 1. The molecule has 37 heavy (non-hydrogen) atoms. The lowest BCUT2D eigenvalue weighted by molar-refractivity contribution is -0.154. The van der Waals surface area contributed by atoms with Gasteiger partial charge >= 0.3 is 5.97 Å². The van der Waals surface area contributed by atoms with Gasteiger partial charge < -0.3 is 19.6 Å². The average Bonchev–Trinajstić information content (AvgIpc) is 3.44. The molecular weight excluding hydrogens is 580 g/mol. The summed E-state index contributed by atoms with van der Waals surface area (Å²) < 4.78 is 4.76. The van der Waals surface area contributed by atoms with Crippen LogP contribution in [-0.4, -0.2) is 75.0 Å². The smallest absolute Gasteiger partial charge is 0.310 e. The number of likely N-dealkylation sites (tertiary alicyclic amines) is 1. The third-order valence-electron chi connectivity index (χ3n) is 7.47. The first-order chi connectivity index (χ1) is 17.7. The Morgan fingerprint density at radius 2 is 2.14 bits per heavy atom. The van der Waals surface area contributed by atoms with E-state index in [-0.39, 0.29) is 48.2 Å². The van der Waals surface area contributed by atoms with Gasteiger partial charge in [0, 0.05) is 23.2 Å². The molecule has 0 aromatic heterocycles. The molecule has 2 bridgehead atoms. The number of aliphatic hydroxyl groups excluding tert-OH is 1. The van der Waals surface area contributed by atoms with Gasteiger partial charge in [0.25, 0.3) is 5.91 Å². The lowest BCUT2D eigenvalue weighted by Crippen LogP contribution is -2.56. The Balaban J connectivity index is 1.74. The summed E-state index contributed by atoms with van der Waals surface area (Å²) in [6.45, 7) is 9.54. The zero-order chi connectivity index (χ0) is 26.9. The van der Waals surface area contributed by atoms with E-state index in [0.29, 0.717) is 23.6 Å². The van der Waals surface area contributed by atoms with Crippen LogP contribution in [0.1, 0.15) is 24.8 Å². The highest BCUT2D eigenvalue weighted by molar-refractivity contribution is 9.09. The summed E-state index contributed by atoms with van der Waals surface area (Å²) in [5.74, 6) is -2.37. The Bertz CT molecular complexity index is 1080. The second-order valence-corrected chi connectivity index (χ2v) is 12.8. The molecule has 6 atom stereocenters. The fourth-order valence-electron chi connectivity index (χ4n) is 6.06. The predicted molar refractivity (Wildman–Crippen MR) is 150 cm³/mol. The quantitative estimate of drug-likeness (QED) is 0.175. The number of aryl methyl sites for hydroxylation is 1. The van der Waals surface area contributed by atoms with E-state index in [9.17, 15) is 19.5 Å². The van der Waals surface area contributed by atoms with E-state index >= 15 is 0 Å². The highest BCUT2D eigenvalue weighted by Crippen LogP contribution is 2.68. The van der Waals surface area contributed by atoms with Crippen LogP contribution in [0.4, 0.5) is 5.69 Å². The molecule has 1 spiro atoms. The number of hydrogen-bond donors (Lipinski definition) is 1. The molecule has 3 saturated heterocycles. The number of amides is 2. The number of β-amino-alcohol motifs (C(OH)–C–C–N with tert-alkyl or cyclic N) is 1. The van der Waals surface area contributed by atoms with Crippen molar-refractivity contribution in [2.24, 2.45) is 11.8 Å². The van der Waals surface area contributed by atoms with Crippen molar-refractivity contribution in [1.29, 1.82) is 0 Å². The first kappa shape index (κ1) is 28.2. The van der Waals surface area contributed by atoms with Crippen molar-refractivity contribution in [3.63, 3.8) is 0 Å². The number of halogens is 2. The fraction of sp³-hybridized carbons (Fsp3) is 0.519. The Hall–Kier alpha value is -1.81. The molecule has 3 aliphatic rings. The maximum absolute atomic E-state index is 14.4. The van der Waals surface area contributed by atoms with Crippen LogP contribution >= 0.6 is 39.3 Å². The molecule has 3 unspecified atom stereocenters. The van der Waals surface area contributed by atoms with Crippen molar-refractivity contribution in [3.05, 3.63) is 54.1 Å². The maximum Gasteiger partial charge on any atom is 0.310 e. The van der Waals surface area contributed by atoms with Gasteiger partial charge in [-0.15, -0.1) is 24.9 Å². The molecule has 4 rings (SSSR count). The van der Waals surface area contributed by atoms with Crippen LogP contribution in [0.5, 0.6) is 0 Å². The van der Waals surface area contributed by atoms with E-state index in [1.807, 2.05) is 19.1 Å². The normalized spacial score (nSPS) is 29.8. The first-order valence-electron chi connectivity index (χ1n) is 12.4. The average molecular weight is 612 g/mol. The minimum Gasteiger partial charge on any atom is -0.465 e. The van der Waals surface area contributed by atoms with Gasteiger partial charge in [-0.05, 0) is 37.8 Å². The van der Waals surface area contributed by atoms with E-state index < -0.39 is 28.6 Å². The van der Waals surface area contributed by atoms with Gasteiger partial charge in [-0.1, -0.05) is 51.8 Å². The Labute approximate surface area is 235 Å². The predicted octanol–water partition coefficient (Wildman–Crippen LogP) is 4.13. The van der Waals surface area contributed by atoms with Crippen molar-refractivity contribution < 1.29 is 24.2 Å². The number of carbonyl (C=O) groups is 3. The zero-order valence-electron chi connectivity index (χ0n) is 20.8. The van der Waals surface area contributed by atoms with Gasteiger partial charge in [0.05, 0.1) is 40.5 Å². The molecule has 1 N–H and O–H groups in total. The van der Waals surface area contributed by atoms with Gasteiger partial charge in [-0.2, -0.15) is 0 Å². The summed E-state index contributed by atoms with van der Waals surface area (Å²) in [4.78, 5) is 44.5. The van der Waals surface area contributed by atoms with Crippen LogP contribution < -0.4 is 4.90 Å². The van der Waals surface area contributed by atoms with E-state index in [1.54, 1.807) is 23.1 Å². The topological polar surface area (TPSA) is 87.2 Å². The number of nitrogens with zero attached hydrogens (tertiary/aromatic N) is 2. The number of esters is 1. The third-order valence-corrected chi connectivity index (χ3v) is 11.0. The number of benzene rings is 1. The van der Waals surface area contributed by atoms with E-state index in [0.717, 1.165) is 12.0 Å². The van der Waals surface area contributed by atoms with Gasteiger partial charge in [-0.25, -0.2) is 0 Å².